The largest absolute Gasteiger partial charge is 0.497 e. The van der Waals surface area contributed by atoms with E-state index in [-0.39, 0.29) is 11.8 Å². The third-order valence-electron chi connectivity index (χ3n) is 5.16. The van der Waals surface area contributed by atoms with Crippen molar-refractivity contribution in [2.75, 3.05) is 20.2 Å². The van der Waals surface area contributed by atoms with Crippen molar-refractivity contribution in [3.8, 4) is 17.1 Å². The number of rotatable bonds is 5. The van der Waals surface area contributed by atoms with Gasteiger partial charge in [-0.05, 0) is 48.7 Å². The summed E-state index contributed by atoms with van der Waals surface area (Å²) in [5, 5.41) is 4.12. The highest BCUT2D eigenvalue weighted by atomic mass is 16.5. The first kappa shape index (κ1) is 18.9. The molecule has 1 aromatic heterocycles. The molecule has 0 unspecified atom stereocenters. The number of benzene rings is 2. The standard InChI is InChI=1S/C23H23N3O3/c1-28-20-10-8-18(9-11-20)22-24-23(29-25-22)19-13-15-26(16-14-19)21(27)12-7-17-5-3-2-4-6-17/h2-12,19H,13-16H2,1H3/b12-7+. The van der Waals surface area contributed by atoms with E-state index in [1.54, 1.807) is 13.2 Å². The van der Waals surface area contributed by atoms with Gasteiger partial charge in [0.2, 0.25) is 17.6 Å². The van der Waals surface area contributed by atoms with E-state index in [9.17, 15) is 4.79 Å². The maximum absolute atomic E-state index is 12.4. The molecule has 2 aromatic carbocycles. The molecule has 0 radical (unpaired) electrons. The lowest BCUT2D eigenvalue weighted by atomic mass is 9.96. The van der Waals surface area contributed by atoms with Crippen LogP contribution in [0.1, 0.15) is 30.2 Å². The molecular formula is C23H23N3O3. The second kappa shape index (κ2) is 8.73. The highest BCUT2D eigenvalue weighted by Gasteiger charge is 2.27. The molecule has 6 nitrogen and oxygen atoms in total. The summed E-state index contributed by atoms with van der Waals surface area (Å²) in [7, 11) is 1.63. The summed E-state index contributed by atoms with van der Waals surface area (Å²) in [4.78, 5) is 18.9. The highest BCUT2D eigenvalue weighted by Crippen LogP contribution is 2.29. The van der Waals surface area contributed by atoms with Gasteiger partial charge in [0.15, 0.2) is 0 Å². The van der Waals surface area contributed by atoms with Gasteiger partial charge in [0.05, 0.1) is 7.11 Å². The summed E-state index contributed by atoms with van der Waals surface area (Å²) >= 11 is 0. The van der Waals surface area contributed by atoms with Crippen LogP contribution in [0, 0.1) is 0 Å². The number of aromatic nitrogens is 2. The number of amides is 1. The number of carbonyl (C=O) groups is 1. The molecule has 2 heterocycles. The van der Waals surface area contributed by atoms with Gasteiger partial charge in [-0.2, -0.15) is 4.98 Å². The lowest BCUT2D eigenvalue weighted by Crippen LogP contribution is -2.36. The van der Waals surface area contributed by atoms with E-state index in [2.05, 4.69) is 10.1 Å². The zero-order chi connectivity index (χ0) is 20.1. The summed E-state index contributed by atoms with van der Waals surface area (Å²) in [6.07, 6.45) is 5.13. The van der Waals surface area contributed by atoms with E-state index in [1.165, 1.54) is 0 Å². The van der Waals surface area contributed by atoms with Crippen molar-refractivity contribution in [2.45, 2.75) is 18.8 Å². The van der Waals surface area contributed by atoms with Crippen molar-refractivity contribution >= 4 is 12.0 Å². The predicted molar refractivity (Wildman–Crippen MR) is 110 cm³/mol. The van der Waals surface area contributed by atoms with Crippen LogP contribution in [-0.2, 0) is 4.79 Å². The van der Waals surface area contributed by atoms with Crippen LogP contribution in [0.3, 0.4) is 0 Å². The molecule has 0 atom stereocenters. The number of carbonyl (C=O) groups excluding carboxylic acids is 1. The van der Waals surface area contributed by atoms with Gasteiger partial charge in [0.1, 0.15) is 5.75 Å². The van der Waals surface area contributed by atoms with Gasteiger partial charge in [-0.1, -0.05) is 35.5 Å². The van der Waals surface area contributed by atoms with Crippen molar-refractivity contribution < 1.29 is 14.1 Å². The minimum absolute atomic E-state index is 0.0387. The number of methoxy groups -OCH3 is 1. The fraction of sp³-hybridized carbons (Fsp3) is 0.261. The van der Waals surface area contributed by atoms with Crippen LogP contribution in [0.15, 0.2) is 65.2 Å². The summed E-state index contributed by atoms with van der Waals surface area (Å²) in [6.45, 7) is 1.37. The molecule has 3 aromatic rings. The Balaban J connectivity index is 1.34. The molecular weight excluding hydrogens is 366 g/mol. The third kappa shape index (κ3) is 4.54. The molecule has 0 N–H and O–H groups in total. The molecule has 1 amide bonds. The number of nitrogens with zero attached hydrogens (tertiary/aromatic N) is 3. The summed E-state index contributed by atoms with van der Waals surface area (Å²) < 4.78 is 10.7. The average Bonchev–Trinajstić information content (AvgIpc) is 3.29. The first-order chi connectivity index (χ1) is 14.2. The molecule has 4 rings (SSSR count). The first-order valence-corrected chi connectivity index (χ1v) is 9.73. The van der Waals surface area contributed by atoms with Crippen LogP contribution >= 0.6 is 0 Å². The van der Waals surface area contributed by atoms with Gasteiger partial charge in [0, 0.05) is 30.6 Å². The van der Waals surface area contributed by atoms with Crippen molar-refractivity contribution in [1.29, 1.82) is 0 Å². The summed E-state index contributed by atoms with van der Waals surface area (Å²) in [5.74, 6) is 2.22. The minimum atomic E-state index is 0.0387. The molecule has 1 aliphatic heterocycles. The van der Waals surface area contributed by atoms with Gasteiger partial charge in [0.25, 0.3) is 0 Å². The lowest BCUT2D eigenvalue weighted by molar-refractivity contribution is -0.127. The topological polar surface area (TPSA) is 68.5 Å². The Bertz CT molecular complexity index is 972. The van der Waals surface area contributed by atoms with E-state index in [0.717, 1.165) is 29.7 Å². The Morgan fingerprint density at radius 3 is 2.52 bits per heavy atom. The van der Waals surface area contributed by atoms with Crippen LogP contribution < -0.4 is 4.74 Å². The first-order valence-electron chi connectivity index (χ1n) is 9.73. The van der Waals surface area contributed by atoms with E-state index in [0.29, 0.717) is 24.8 Å². The number of hydrogen-bond acceptors (Lipinski definition) is 5. The molecule has 0 saturated carbocycles. The smallest absolute Gasteiger partial charge is 0.246 e. The van der Waals surface area contributed by atoms with Crippen LogP contribution in [0.25, 0.3) is 17.5 Å². The Hall–Kier alpha value is -3.41. The van der Waals surface area contributed by atoms with E-state index >= 15 is 0 Å². The Morgan fingerprint density at radius 1 is 1.10 bits per heavy atom. The maximum Gasteiger partial charge on any atom is 0.246 e. The Morgan fingerprint density at radius 2 is 1.83 bits per heavy atom. The number of hydrogen-bond donors (Lipinski definition) is 0. The fourth-order valence-electron chi connectivity index (χ4n) is 3.44. The number of piperidine rings is 1. The van der Waals surface area contributed by atoms with Crippen molar-refractivity contribution in [1.82, 2.24) is 15.0 Å². The fourth-order valence-corrected chi connectivity index (χ4v) is 3.44. The van der Waals surface area contributed by atoms with Crippen molar-refractivity contribution in [3.05, 3.63) is 72.1 Å². The molecule has 1 aliphatic rings. The second-order valence-electron chi connectivity index (χ2n) is 7.03. The summed E-state index contributed by atoms with van der Waals surface area (Å²) in [6, 6.07) is 17.4. The Labute approximate surface area is 169 Å². The van der Waals surface area contributed by atoms with Crippen LogP contribution in [0.4, 0.5) is 0 Å². The molecule has 0 aliphatic carbocycles. The average molecular weight is 389 g/mol. The monoisotopic (exact) mass is 389 g/mol. The Kier molecular flexibility index (Phi) is 5.70. The maximum atomic E-state index is 12.4. The zero-order valence-electron chi connectivity index (χ0n) is 16.3. The van der Waals surface area contributed by atoms with E-state index in [4.69, 9.17) is 9.26 Å². The SMILES string of the molecule is COc1ccc(-c2noc(C3CCN(C(=O)/C=C/c4ccccc4)CC3)n2)cc1. The normalized spacial score (nSPS) is 15.0. The van der Waals surface area contributed by atoms with Gasteiger partial charge >= 0.3 is 0 Å². The zero-order valence-corrected chi connectivity index (χ0v) is 16.3. The van der Waals surface area contributed by atoms with Crippen molar-refractivity contribution in [3.63, 3.8) is 0 Å². The number of likely N-dealkylation sites (tertiary alicyclic amines) is 1. The molecule has 29 heavy (non-hydrogen) atoms. The van der Waals surface area contributed by atoms with Gasteiger partial charge < -0.3 is 14.2 Å². The predicted octanol–water partition coefficient (Wildman–Crippen LogP) is 4.16. The lowest BCUT2D eigenvalue weighted by Gasteiger charge is -2.29. The van der Waals surface area contributed by atoms with Crippen LogP contribution in [0.2, 0.25) is 0 Å². The third-order valence-corrected chi connectivity index (χ3v) is 5.16. The van der Waals surface area contributed by atoms with Crippen molar-refractivity contribution in [2.24, 2.45) is 0 Å². The van der Waals surface area contributed by atoms with Gasteiger partial charge in [-0.25, -0.2) is 0 Å². The molecule has 0 bridgehead atoms. The van der Waals surface area contributed by atoms with Crippen LogP contribution in [0.5, 0.6) is 5.75 Å². The van der Waals surface area contributed by atoms with Crippen LogP contribution in [-0.4, -0.2) is 41.1 Å². The highest BCUT2D eigenvalue weighted by molar-refractivity contribution is 5.91. The molecule has 1 fully saturated rings. The quantitative estimate of drug-likeness (QED) is 0.613. The molecule has 148 valence electrons. The number of ether oxygens (including phenoxy) is 1. The van der Waals surface area contributed by atoms with Gasteiger partial charge in [-0.3, -0.25) is 4.79 Å². The van der Waals surface area contributed by atoms with E-state index in [1.807, 2.05) is 65.6 Å². The summed E-state index contributed by atoms with van der Waals surface area (Å²) in [5.41, 5.74) is 1.91. The second-order valence-corrected chi connectivity index (χ2v) is 7.03. The van der Waals surface area contributed by atoms with Gasteiger partial charge in [-0.15, -0.1) is 0 Å². The molecule has 1 saturated heterocycles. The molecule has 0 spiro atoms. The minimum Gasteiger partial charge on any atom is -0.497 e. The molecule has 6 heteroatoms. The van der Waals surface area contributed by atoms with E-state index < -0.39 is 0 Å².